The molecule has 1 aliphatic rings. The van der Waals surface area contributed by atoms with Gasteiger partial charge in [-0.1, -0.05) is 66.7 Å². The molecule has 0 spiro atoms. The van der Waals surface area contributed by atoms with Gasteiger partial charge < -0.3 is 0 Å². The average Bonchev–Trinajstić information content (AvgIpc) is 2.85. The molecule has 0 nitrogen and oxygen atoms in total. The van der Waals surface area contributed by atoms with Gasteiger partial charge in [0.05, 0.1) is 0 Å². The normalized spacial score (nSPS) is 12.5. The first-order valence-corrected chi connectivity index (χ1v) is 7.16. The van der Waals surface area contributed by atoms with Crippen molar-refractivity contribution in [2.24, 2.45) is 0 Å². The summed E-state index contributed by atoms with van der Waals surface area (Å²) < 4.78 is 19.5. The van der Waals surface area contributed by atoms with Crippen LogP contribution in [0, 0.1) is 5.92 Å². The number of fused-ring (bicyclic) bond motifs is 1. The average molecular weight is 291 g/mol. The topological polar surface area (TPSA) is 0 Å². The van der Waals surface area contributed by atoms with Gasteiger partial charge in [0, 0.05) is 5.92 Å². The Balaban J connectivity index is 0.000000408. The summed E-state index contributed by atoms with van der Waals surface area (Å²) in [6.07, 6.45) is 5.46. The predicted molar refractivity (Wildman–Crippen MR) is 70.2 cm³/mol. The van der Waals surface area contributed by atoms with Gasteiger partial charge in [-0.25, -0.2) is 0 Å². The van der Waals surface area contributed by atoms with E-state index in [1.54, 1.807) is 0 Å². The SMILES string of the molecule is C1=Cc2ccccc2[C]1Cc1ccccc1.[F][Ti][F]. The Morgan fingerprint density at radius 3 is 2.16 bits per heavy atom. The number of hydrogen-bond donors (Lipinski definition) is 0. The molecule has 0 aromatic heterocycles. The fourth-order valence-electron chi connectivity index (χ4n) is 2.18. The summed E-state index contributed by atoms with van der Waals surface area (Å²) in [6, 6.07) is 19.2. The third kappa shape index (κ3) is 3.86. The van der Waals surface area contributed by atoms with Crippen molar-refractivity contribution in [1.82, 2.24) is 0 Å². The Labute approximate surface area is 122 Å². The molecule has 0 saturated carbocycles. The predicted octanol–water partition coefficient (Wildman–Crippen LogP) is 4.72. The number of halogens is 2. The molecule has 0 aliphatic heterocycles. The van der Waals surface area contributed by atoms with Crippen molar-refractivity contribution >= 4 is 6.08 Å². The van der Waals surface area contributed by atoms with Crippen LogP contribution in [-0.4, -0.2) is 0 Å². The monoisotopic (exact) mass is 291 g/mol. The molecular formula is C16H13F2Ti. The third-order valence-electron chi connectivity index (χ3n) is 3.01. The molecule has 0 heterocycles. The Morgan fingerprint density at radius 2 is 1.42 bits per heavy atom. The molecule has 0 N–H and O–H groups in total. The molecule has 2 aromatic rings. The molecule has 1 radical (unpaired) electrons. The first-order chi connectivity index (χ1) is 9.35. The van der Waals surface area contributed by atoms with Crippen LogP contribution in [0.1, 0.15) is 16.7 Å². The molecule has 0 fully saturated rings. The van der Waals surface area contributed by atoms with Gasteiger partial charge in [0.2, 0.25) is 0 Å². The van der Waals surface area contributed by atoms with Crippen LogP contribution < -0.4 is 0 Å². The van der Waals surface area contributed by atoms with E-state index in [0.717, 1.165) is 6.42 Å². The van der Waals surface area contributed by atoms with E-state index >= 15 is 0 Å². The van der Waals surface area contributed by atoms with E-state index in [2.05, 4.69) is 66.7 Å². The van der Waals surface area contributed by atoms with Crippen LogP contribution in [0.3, 0.4) is 0 Å². The van der Waals surface area contributed by atoms with Crippen molar-refractivity contribution in [1.29, 1.82) is 0 Å². The van der Waals surface area contributed by atoms with Gasteiger partial charge in [0.1, 0.15) is 0 Å². The van der Waals surface area contributed by atoms with Gasteiger partial charge in [-0.05, 0) is 23.1 Å². The van der Waals surface area contributed by atoms with Crippen LogP contribution in [0.25, 0.3) is 6.08 Å². The fourth-order valence-corrected chi connectivity index (χ4v) is 2.18. The number of allylic oxidation sites excluding steroid dienone is 1. The van der Waals surface area contributed by atoms with E-state index in [9.17, 15) is 6.18 Å². The Hall–Kier alpha value is -1.25. The van der Waals surface area contributed by atoms with E-state index in [4.69, 9.17) is 0 Å². The van der Waals surface area contributed by atoms with Crippen LogP contribution in [-0.2, 0) is 26.6 Å². The van der Waals surface area contributed by atoms with Gasteiger partial charge in [-0.15, -0.1) is 0 Å². The molecule has 3 heteroatoms. The standard InChI is InChI=1S/C16H13.2FH.Ti/c1-2-6-13(7-3-1)12-15-11-10-14-8-4-5-9-16(14)15;;;/h1-11H,12H2;2*1H;/q;;;+2/p-2. The third-order valence-corrected chi connectivity index (χ3v) is 3.01. The second-order valence-corrected chi connectivity index (χ2v) is 4.40. The van der Waals surface area contributed by atoms with Crippen molar-refractivity contribution < 1.29 is 26.4 Å². The van der Waals surface area contributed by atoms with Gasteiger partial charge >= 0.3 is 26.4 Å². The summed E-state index contributed by atoms with van der Waals surface area (Å²) in [5.74, 6) is 1.42. The van der Waals surface area contributed by atoms with Crippen molar-refractivity contribution in [2.75, 3.05) is 0 Å². The van der Waals surface area contributed by atoms with Crippen LogP contribution in [0.5, 0.6) is 0 Å². The Morgan fingerprint density at radius 1 is 0.789 bits per heavy atom. The van der Waals surface area contributed by atoms with E-state index < -0.39 is 20.2 Å². The summed E-state index contributed by atoms with van der Waals surface area (Å²) >= 11 is -2.50. The fraction of sp³-hybridized carbons (Fsp3) is 0.0625. The van der Waals surface area contributed by atoms with Crippen molar-refractivity contribution in [3.05, 3.63) is 83.3 Å². The second-order valence-electron chi connectivity index (χ2n) is 4.18. The molecule has 0 bridgehead atoms. The molecule has 0 amide bonds. The number of benzene rings is 2. The van der Waals surface area contributed by atoms with E-state index in [1.807, 2.05) is 0 Å². The molecular weight excluding hydrogens is 278 g/mol. The Kier molecular flexibility index (Phi) is 5.50. The van der Waals surface area contributed by atoms with Crippen LogP contribution >= 0.6 is 0 Å². The van der Waals surface area contributed by atoms with Crippen LogP contribution in [0.4, 0.5) is 6.18 Å². The quantitative estimate of drug-likeness (QED) is 0.702. The zero-order valence-corrected chi connectivity index (χ0v) is 11.9. The zero-order chi connectivity index (χ0) is 13.5. The number of rotatable bonds is 2. The Bertz CT molecular complexity index is 537. The van der Waals surface area contributed by atoms with E-state index in [0.29, 0.717) is 0 Å². The summed E-state index contributed by atoms with van der Waals surface area (Å²) in [5, 5.41) is 0. The van der Waals surface area contributed by atoms with Gasteiger partial charge in [0.25, 0.3) is 0 Å². The molecule has 1 aliphatic carbocycles. The summed E-state index contributed by atoms with van der Waals surface area (Å²) in [5.41, 5.74) is 4.10. The first-order valence-electron chi connectivity index (χ1n) is 5.98. The molecule has 0 atom stereocenters. The summed E-state index contributed by atoms with van der Waals surface area (Å²) in [4.78, 5) is 0. The summed E-state index contributed by atoms with van der Waals surface area (Å²) in [7, 11) is 0. The maximum atomic E-state index is 9.75. The van der Waals surface area contributed by atoms with E-state index in [1.165, 1.54) is 22.6 Å². The van der Waals surface area contributed by atoms with Crippen molar-refractivity contribution in [3.63, 3.8) is 0 Å². The number of hydrogen-bond acceptors (Lipinski definition) is 0. The minimum absolute atomic E-state index is 1.02. The van der Waals surface area contributed by atoms with E-state index in [-0.39, 0.29) is 0 Å². The zero-order valence-electron chi connectivity index (χ0n) is 10.3. The second kappa shape index (κ2) is 7.37. The molecule has 2 aromatic carbocycles. The van der Waals surface area contributed by atoms with Gasteiger partial charge in [-0.2, -0.15) is 0 Å². The van der Waals surface area contributed by atoms with Crippen LogP contribution in [0.15, 0.2) is 60.7 Å². The molecule has 3 rings (SSSR count). The first kappa shape index (κ1) is 14.2. The molecule has 19 heavy (non-hydrogen) atoms. The van der Waals surface area contributed by atoms with Crippen molar-refractivity contribution in [3.8, 4) is 0 Å². The van der Waals surface area contributed by atoms with Crippen molar-refractivity contribution in [2.45, 2.75) is 6.42 Å². The summed E-state index contributed by atoms with van der Waals surface area (Å²) in [6.45, 7) is 0. The molecule has 95 valence electrons. The van der Waals surface area contributed by atoms with Gasteiger partial charge in [-0.3, -0.25) is 0 Å². The molecule has 0 saturated heterocycles. The van der Waals surface area contributed by atoms with Gasteiger partial charge in [0.15, 0.2) is 0 Å². The minimum atomic E-state index is -2.50. The maximum absolute atomic E-state index is 9.75. The molecule has 0 unspecified atom stereocenters. The van der Waals surface area contributed by atoms with Crippen LogP contribution in [0.2, 0.25) is 0 Å².